The summed E-state index contributed by atoms with van der Waals surface area (Å²) >= 11 is 0. The second-order valence-corrected chi connectivity index (χ2v) is 9.32. The van der Waals surface area contributed by atoms with Gasteiger partial charge in [-0.05, 0) is 51.2 Å². The predicted octanol–water partition coefficient (Wildman–Crippen LogP) is 2.43. The molecule has 0 heterocycles. The molecular weight excluding hydrogens is 364 g/mol. The first-order valence-corrected chi connectivity index (χ1v) is 11.2. The first kappa shape index (κ1) is 21.9. The van der Waals surface area contributed by atoms with Crippen molar-refractivity contribution in [1.82, 2.24) is 9.62 Å². The molecule has 1 aliphatic carbocycles. The number of aliphatic hydroxyl groups excluding tert-OH is 1. The summed E-state index contributed by atoms with van der Waals surface area (Å²) < 4.78 is 28.5. The zero-order chi connectivity index (χ0) is 20.0. The van der Waals surface area contributed by atoms with E-state index in [9.17, 15) is 13.2 Å². The van der Waals surface area contributed by atoms with Gasteiger partial charge in [0, 0.05) is 19.2 Å². The van der Waals surface area contributed by atoms with Crippen LogP contribution in [-0.4, -0.2) is 49.5 Å². The van der Waals surface area contributed by atoms with Gasteiger partial charge in [0.2, 0.25) is 15.9 Å². The van der Waals surface area contributed by atoms with Crippen molar-refractivity contribution in [3.8, 4) is 0 Å². The highest BCUT2D eigenvalue weighted by Crippen LogP contribution is 2.31. The third kappa shape index (κ3) is 5.53. The minimum absolute atomic E-state index is 0.00727. The Morgan fingerprint density at radius 1 is 1.15 bits per heavy atom. The van der Waals surface area contributed by atoms with Crippen molar-refractivity contribution in [1.29, 1.82) is 0 Å². The van der Waals surface area contributed by atoms with Gasteiger partial charge in [0.05, 0.1) is 11.4 Å². The Kier molecular flexibility index (Phi) is 7.82. The SMILES string of the molecule is Cc1cc(C)c(S(=O)(=O)N(CC(=O)NCCCO)C2CCCCC2)c(C)c1. The van der Waals surface area contributed by atoms with Crippen molar-refractivity contribution < 1.29 is 18.3 Å². The molecule has 0 saturated heterocycles. The maximum atomic E-state index is 13.6. The van der Waals surface area contributed by atoms with Gasteiger partial charge in [0.15, 0.2) is 0 Å². The molecule has 2 rings (SSSR count). The van der Waals surface area contributed by atoms with Crippen LogP contribution in [0.4, 0.5) is 0 Å². The normalized spacial score (nSPS) is 15.9. The Hall–Kier alpha value is -1.44. The lowest BCUT2D eigenvalue weighted by Gasteiger charge is -2.33. The van der Waals surface area contributed by atoms with Gasteiger partial charge in [-0.2, -0.15) is 4.31 Å². The highest BCUT2D eigenvalue weighted by Gasteiger charge is 2.35. The zero-order valence-corrected chi connectivity index (χ0v) is 17.4. The van der Waals surface area contributed by atoms with Crippen LogP contribution in [0.15, 0.2) is 17.0 Å². The van der Waals surface area contributed by atoms with Gasteiger partial charge in [-0.3, -0.25) is 4.79 Å². The van der Waals surface area contributed by atoms with Crippen LogP contribution < -0.4 is 5.32 Å². The van der Waals surface area contributed by atoms with Crippen molar-refractivity contribution >= 4 is 15.9 Å². The van der Waals surface area contributed by atoms with Crippen LogP contribution >= 0.6 is 0 Å². The van der Waals surface area contributed by atoms with Crippen LogP contribution in [0.1, 0.15) is 55.2 Å². The zero-order valence-electron chi connectivity index (χ0n) is 16.6. The van der Waals surface area contributed by atoms with E-state index in [1.807, 2.05) is 32.9 Å². The number of rotatable bonds is 8. The molecule has 1 amide bonds. The maximum absolute atomic E-state index is 13.6. The molecule has 27 heavy (non-hydrogen) atoms. The fraction of sp³-hybridized carbons (Fsp3) is 0.650. The van der Waals surface area contributed by atoms with Gasteiger partial charge in [0.25, 0.3) is 0 Å². The number of amides is 1. The predicted molar refractivity (Wildman–Crippen MR) is 106 cm³/mol. The Balaban J connectivity index is 2.35. The summed E-state index contributed by atoms with van der Waals surface area (Å²) in [4.78, 5) is 12.7. The van der Waals surface area contributed by atoms with E-state index in [-0.39, 0.29) is 25.1 Å². The number of nitrogens with zero attached hydrogens (tertiary/aromatic N) is 1. The molecule has 1 fully saturated rings. The number of sulfonamides is 1. The molecule has 0 bridgehead atoms. The largest absolute Gasteiger partial charge is 0.396 e. The number of benzene rings is 1. The van der Waals surface area contributed by atoms with Gasteiger partial charge >= 0.3 is 0 Å². The van der Waals surface area contributed by atoms with Gasteiger partial charge in [-0.1, -0.05) is 37.0 Å². The van der Waals surface area contributed by atoms with E-state index in [1.165, 1.54) is 4.31 Å². The Labute approximate surface area is 163 Å². The van der Waals surface area contributed by atoms with Crippen LogP contribution in [0.5, 0.6) is 0 Å². The molecule has 1 aromatic rings. The molecular formula is C20H32N2O4S. The molecule has 0 aliphatic heterocycles. The number of hydrogen-bond donors (Lipinski definition) is 2. The summed E-state index contributed by atoms with van der Waals surface area (Å²) in [5, 5.41) is 11.6. The van der Waals surface area contributed by atoms with Crippen LogP contribution in [0.2, 0.25) is 0 Å². The molecule has 0 atom stereocenters. The maximum Gasteiger partial charge on any atom is 0.244 e. The van der Waals surface area contributed by atoms with Crippen molar-refractivity contribution in [2.75, 3.05) is 19.7 Å². The molecule has 0 radical (unpaired) electrons. The topological polar surface area (TPSA) is 86.7 Å². The second-order valence-electron chi connectivity index (χ2n) is 7.50. The second kappa shape index (κ2) is 9.66. The summed E-state index contributed by atoms with van der Waals surface area (Å²) in [6.45, 7) is 5.73. The fourth-order valence-corrected chi connectivity index (χ4v) is 6.03. The van der Waals surface area contributed by atoms with Gasteiger partial charge in [-0.15, -0.1) is 0 Å². The molecule has 0 spiro atoms. The van der Waals surface area contributed by atoms with Gasteiger partial charge in [0.1, 0.15) is 0 Å². The fourth-order valence-electron chi connectivity index (χ4n) is 3.97. The molecule has 0 unspecified atom stereocenters. The number of carbonyl (C=O) groups is 1. The monoisotopic (exact) mass is 396 g/mol. The van der Waals surface area contributed by atoms with E-state index in [2.05, 4.69) is 5.32 Å². The van der Waals surface area contributed by atoms with Crippen LogP contribution in [0.25, 0.3) is 0 Å². The molecule has 1 aliphatic rings. The van der Waals surface area contributed by atoms with Gasteiger partial charge < -0.3 is 10.4 Å². The number of hydrogen-bond acceptors (Lipinski definition) is 4. The van der Waals surface area contributed by atoms with Crippen molar-refractivity contribution in [2.24, 2.45) is 0 Å². The van der Waals surface area contributed by atoms with Crippen molar-refractivity contribution in [3.63, 3.8) is 0 Å². The minimum atomic E-state index is -3.78. The van der Waals surface area contributed by atoms with E-state index in [0.717, 1.165) is 37.7 Å². The smallest absolute Gasteiger partial charge is 0.244 e. The minimum Gasteiger partial charge on any atom is -0.396 e. The Morgan fingerprint density at radius 3 is 2.30 bits per heavy atom. The van der Waals surface area contributed by atoms with Crippen LogP contribution in [0.3, 0.4) is 0 Å². The Morgan fingerprint density at radius 2 is 1.74 bits per heavy atom. The Bertz CT molecular complexity index is 732. The van der Waals surface area contributed by atoms with E-state index in [4.69, 9.17) is 5.11 Å². The average molecular weight is 397 g/mol. The summed E-state index contributed by atoms with van der Waals surface area (Å²) in [6.07, 6.45) is 5.09. The molecule has 152 valence electrons. The van der Waals surface area contributed by atoms with Crippen LogP contribution in [0, 0.1) is 20.8 Å². The van der Waals surface area contributed by atoms with E-state index < -0.39 is 10.0 Å². The number of carbonyl (C=O) groups excluding carboxylic acids is 1. The average Bonchev–Trinajstić information content (AvgIpc) is 2.59. The lowest BCUT2D eigenvalue weighted by molar-refractivity contribution is -0.121. The molecule has 1 saturated carbocycles. The van der Waals surface area contributed by atoms with E-state index in [0.29, 0.717) is 29.0 Å². The van der Waals surface area contributed by atoms with Crippen molar-refractivity contribution in [2.45, 2.75) is 70.2 Å². The molecule has 0 aromatic heterocycles. The highest BCUT2D eigenvalue weighted by atomic mass is 32.2. The molecule has 7 heteroatoms. The summed E-state index contributed by atoms with van der Waals surface area (Å²) in [6, 6.07) is 3.60. The molecule has 1 aromatic carbocycles. The molecule has 6 nitrogen and oxygen atoms in total. The number of aliphatic hydroxyl groups is 1. The summed E-state index contributed by atoms with van der Waals surface area (Å²) in [7, 11) is -3.78. The first-order valence-electron chi connectivity index (χ1n) is 9.74. The highest BCUT2D eigenvalue weighted by molar-refractivity contribution is 7.89. The number of nitrogens with one attached hydrogen (secondary N) is 1. The molecule has 2 N–H and O–H groups in total. The van der Waals surface area contributed by atoms with Gasteiger partial charge in [-0.25, -0.2) is 8.42 Å². The lowest BCUT2D eigenvalue weighted by Crippen LogP contribution is -2.47. The third-order valence-corrected chi connectivity index (χ3v) is 7.31. The van der Waals surface area contributed by atoms with Crippen LogP contribution in [-0.2, 0) is 14.8 Å². The standard InChI is InChI=1S/C20H32N2O4S/c1-15-12-16(2)20(17(3)13-15)27(25,26)22(18-8-5-4-6-9-18)14-19(24)21-10-7-11-23/h12-13,18,23H,4-11,14H2,1-3H3,(H,21,24). The summed E-state index contributed by atoms with van der Waals surface area (Å²) in [5.41, 5.74) is 2.46. The number of aryl methyl sites for hydroxylation is 3. The van der Waals surface area contributed by atoms with Crippen molar-refractivity contribution in [3.05, 3.63) is 28.8 Å². The summed E-state index contributed by atoms with van der Waals surface area (Å²) in [5.74, 6) is -0.319. The third-order valence-electron chi connectivity index (χ3n) is 5.11. The lowest BCUT2D eigenvalue weighted by atomic mass is 9.95. The van der Waals surface area contributed by atoms with E-state index in [1.54, 1.807) is 0 Å². The quantitative estimate of drug-likeness (QED) is 0.661. The first-order chi connectivity index (χ1) is 12.8. The van der Waals surface area contributed by atoms with E-state index >= 15 is 0 Å².